The number of rotatable bonds is 5. The summed E-state index contributed by atoms with van der Waals surface area (Å²) in [6, 6.07) is 6.44. The lowest BCUT2D eigenvalue weighted by Crippen LogP contribution is -2.20. The van der Waals surface area contributed by atoms with Crippen molar-refractivity contribution in [2.75, 3.05) is 6.61 Å². The SMILES string of the molecule is CC(C)COc1ccc(OB(O)O)cc1C#N. The fourth-order valence-corrected chi connectivity index (χ4v) is 1.17. The molecule has 0 aromatic heterocycles. The van der Waals surface area contributed by atoms with Gasteiger partial charge in [-0.15, -0.1) is 0 Å². The number of nitrogens with zero attached hydrogens (tertiary/aromatic N) is 1. The van der Waals surface area contributed by atoms with E-state index in [-0.39, 0.29) is 5.75 Å². The lowest BCUT2D eigenvalue weighted by molar-refractivity contribution is 0.269. The molecular formula is C11H14BNO4. The summed E-state index contributed by atoms with van der Waals surface area (Å²) in [7, 11) is -1.90. The molecule has 0 heterocycles. The third-order valence-electron chi connectivity index (χ3n) is 1.89. The molecule has 1 aromatic rings. The highest BCUT2D eigenvalue weighted by atomic mass is 16.6. The zero-order chi connectivity index (χ0) is 12.8. The molecule has 0 spiro atoms. The van der Waals surface area contributed by atoms with Gasteiger partial charge in [0.15, 0.2) is 0 Å². The average Bonchev–Trinajstić information content (AvgIpc) is 2.26. The second kappa shape index (κ2) is 6.13. The van der Waals surface area contributed by atoms with Crippen LogP contribution in [0.3, 0.4) is 0 Å². The van der Waals surface area contributed by atoms with Crippen LogP contribution in [0.4, 0.5) is 0 Å². The Hall–Kier alpha value is -1.71. The maximum Gasteiger partial charge on any atom is 0.707 e. The Bertz CT molecular complexity index is 414. The van der Waals surface area contributed by atoms with E-state index in [0.29, 0.717) is 23.8 Å². The van der Waals surface area contributed by atoms with Crippen LogP contribution in [0.25, 0.3) is 0 Å². The van der Waals surface area contributed by atoms with Crippen molar-refractivity contribution in [3.05, 3.63) is 23.8 Å². The first-order chi connectivity index (χ1) is 8.02. The average molecular weight is 235 g/mol. The highest BCUT2D eigenvalue weighted by Gasteiger charge is 2.13. The Labute approximate surface area is 100 Å². The summed E-state index contributed by atoms with van der Waals surface area (Å²) >= 11 is 0. The van der Waals surface area contributed by atoms with Crippen molar-refractivity contribution in [2.24, 2.45) is 5.92 Å². The van der Waals surface area contributed by atoms with E-state index in [1.165, 1.54) is 12.1 Å². The van der Waals surface area contributed by atoms with E-state index in [2.05, 4.69) is 4.65 Å². The summed E-state index contributed by atoms with van der Waals surface area (Å²) in [6.45, 7) is 4.52. The second-order valence-electron chi connectivity index (χ2n) is 3.92. The fourth-order valence-electron chi connectivity index (χ4n) is 1.17. The lowest BCUT2D eigenvalue weighted by Gasteiger charge is -2.11. The first-order valence-corrected chi connectivity index (χ1v) is 5.22. The number of benzene rings is 1. The van der Waals surface area contributed by atoms with Crippen LogP contribution in [0.2, 0.25) is 0 Å². The van der Waals surface area contributed by atoms with Crippen LogP contribution < -0.4 is 9.39 Å². The van der Waals surface area contributed by atoms with Crippen molar-refractivity contribution < 1.29 is 19.4 Å². The molecule has 17 heavy (non-hydrogen) atoms. The van der Waals surface area contributed by atoms with Gasteiger partial charge in [0, 0.05) is 0 Å². The Balaban J connectivity index is 2.83. The number of ether oxygens (including phenoxy) is 1. The Morgan fingerprint density at radius 2 is 2.12 bits per heavy atom. The molecule has 0 fully saturated rings. The van der Waals surface area contributed by atoms with Gasteiger partial charge in [0.05, 0.1) is 12.2 Å². The minimum atomic E-state index is -1.90. The maximum absolute atomic E-state index is 8.93. The third-order valence-corrected chi connectivity index (χ3v) is 1.89. The van der Waals surface area contributed by atoms with Crippen LogP contribution in [-0.4, -0.2) is 24.0 Å². The Kier molecular flexibility index (Phi) is 4.82. The van der Waals surface area contributed by atoms with Gasteiger partial charge in [0.25, 0.3) is 0 Å². The Morgan fingerprint density at radius 1 is 1.41 bits per heavy atom. The minimum absolute atomic E-state index is 0.202. The minimum Gasteiger partial charge on any atom is -0.512 e. The Morgan fingerprint density at radius 3 is 2.65 bits per heavy atom. The molecule has 6 heteroatoms. The van der Waals surface area contributed by atoms with E-state index < -0.39 is 7.32 Å². The van der Waals surface area contributed by atoms with Gasteiger partial charge in [-0.25, -0.2) is 0 Å². The standard InChI is InChI=1S/C11H14BNO4/c1-8(2)7-16-11-4-3-10(17-12(14)15)5-9(11)6-13/h3-5,8,14-15H,7H2,1-2H3. The summed E-state index contributed by atoms with van der Waals surface area (Å²) in [5, 5.41) is 26.2. The summed E-state index contributed by atoms with van der Waals surface area (Å²) in [5.74, 6) is 1.02. The molecule has 0 unspecified atom stereocenters. The van der Waals surface area contributed by atoms with Crippen LogP contribution in [-0.2, 0) is 0 Å². The van der Waals surface area contributed by atoms with Gasteiger partial charge in [0.1, 0.15) is 17.6 Å². The molecule has 0 saturated heterocycles. The quantitative estimate of drug-likeness (QED) is 0.742. The molecule has 0 aliphatic heterocycles. The summed E-state index contributed by atoms with van der Waals surface area (Å²) in [6.07, 6.45) is 0. The van der Waals surface area contributed by atoms with Crippen molar-refractivity contribution >= 4 is 7.32 Å². The van der Waals surface area contributed by atoms with E-state index in [9.17, 15) is 0 Å². The van der Waals surface area contributed by atoms with Gasteiger partial charge in [-0.05, 0) is 24.1 Å². The molecule has 1 rings (SSSR count). The van der Waals surface area contributed by atoms with E-state index in [4.69, 9.17) is 20.0 Å². The fraction of sp³-hybridized carbons (Fsp3) is 0.364. The zero-order valence-electron chi connectivity index (χ0n) is 9.75. The lowest BCUT2D eigenvalue weighted by atomic mass is 10.2. The molecule has 0 atom stereocenters. The van der Waals surface area contributed by atoms with Crippen LogP contribution in [0.15, 0.2) is 18.2 Å². The predicted octanol–water partition coefficient (Wildman–Crippen LogP) is 0.941. The van der Waals surface area contributed by atoms with Crippen molar-refractivity contribution in [1.29, 1.82) is 5.26 Å². The van der Waals surface area contributed by atoms with Crippen LogP contribution >= 0.6 is 0 Å². The predicted molar refractivity (Wildman–Crippen MR) is 62.3 cm³/mol. The second-order valence-corrected chi connectivity index (χ2v) is 3.92. The van der Waals surface area contributed by atoms with Crippen LogP contribution in [0.5, 0.6) is 11.5 Å². The molecule has 0 radical (unpaired) electrons. The molecule has 2 N–H and O–H groups in total. The molecule has 0 saturated carbocycles. The first kappa shape index (κ1) is 13.4. The van der Waals surface area contributed by atoms with Gasteiger partial charge < -0.3 is 19.4 Å². The number of nitriles is 1. The van der Waals surface area contributed by atoms with E-state index in [1.54, 1.807) is 6.07 Å². The van der Waals surface area contributed by atoms with Crippen LogP contribution in [0.1, 0.15) is 19.4 Å². The highest BCUT2D eigenvalue weighted by molar-refractivity contribution is 6.33. The normalized spacial score (nSPS) is 9.88. The van der Waals surface area contributed by atoms with Gasteiger partial charge in [-0.2, -0.15) is 5.26 Å². The van der Waals surface area contributed by atoms with Crippen molar-refractivity contribution in [3.8, 4) is 17.6 Å². The molecule has 1 aromatic carbocycles. The molecule has 0 aliphatic rings. The van der Waals surface area contributed by atoms with Gasteiger partial charge >= 0.3 is 7.32 Å². The largest absolute Gasteiger partial charge is 0.707 e. The maximum atomic E-state index is 8.93. The van der Waals surface area contributed by atoms with Crippen molar-refractivity contribution in [3.63, 3.8) is 0 Å². The van der Waals surface area contributed by atoms with Gasteiger partial charge in [-0.1, -0.05) is 13.8 Å². The van der Waals surface area contributed by atoms with E-state index >= 15 is 0 Å². The molecule has 0 aliphatic carbocycles. The summed E-state index contributed by atoms with van der Waals surface area (Å²) in [5.41, 5.74) is 0.295. The first-order valence-electron chi connectivity index (χ1n) is 5.22. The van der Waals surface area contributed by atoms with Gasteiger partial charge in [0.2, 0.25) is 0 Å². The molecule has 5 nitrogen and oxygen atoms in total. The van der Waals surface area contributed by atoms with Crippen LogP contribution in [0, 0.1) is 17.2 Å². The van der Waals surface area contributed by atoms with E-state index in [0.717, 1.165) is 0 Å². The number of hydrogen-bond acceptors (Lipinski definition) is 5. The van der Waals surface area contributed by atoms with Gasteiger partial charge in [-0.3, -0.25) is 0 Å². The van der Waals surface area contributed by atoms with E-state index in [1.807, 2.05) is 19.9 Å². The summed E-state index contributed by atoms with van der Waals surface area (Å²) in [4.78, 5) is 0. The molecule has 0 bridgehead atoms. The monoisotopic (exact) mass is 235 g/mol. The zero-order valence-corrected chi connectivity index (χ0v) is 9.75. The molecule has 90 valence electrons. The van der Waals surface area contributed by atoms with Crippen molar-refractivity contribution in [1.82, 2.24) is 0 Å². The molecule has 0 amide bonds. The summed E-state index contributed by atoms with van der Waals surface area (Å²) < 4.78 is 10.1. The highest BCUT2D eigenvalue weighted by Crippen LogP contribution is 2.24. The van der Waals surface area contributed by atoms with Crippen molar-refractivity contribution in [2.45, 2.75) is 13.8 Å². The third kappa shape index (κ3) is 4.35. The number of hydrogen-bond donors (Lipinski definition) is 2. The smallest absolute Gasteiger partial charge is 0.512 e. The molecular weight excluding hydrogens is 221 g/mol. The topological polar surface area (TPSA) is 82.7 Å².